The minimum atomic E-state index is 1.16. The van der Waals surface area contributed by atoms with Gasteiger partial charge in [-0.25, -0.2) is 0 Å². The van der Waals surface area contributed by atoms with Crippen LogP contribution >= 0.6 is 0 Å². The van der Waals surface area contributed by atoms with Crippen molar-refractivity contribution >= 4 is 6.21 Å². The van der Waals surface area contributed by atoms with E-state index in [2.05, 4.69) is 53.8 Å². The van der Waals surface area contributed by atoms with E-state index in [0.29, 0.717) is 0 Å². The van der Waals surface area contributed by atoms with Gasteiger partial charge in [0.1, 0.15) is 0 Å². The average molecular weight is 241 g/mol. The first-order chi connectivity index (χ1) is 8.59. The van der Waals surface area contributed by atoms with Gasteiger partial charge in [0.15, 0.2) is 0 Å². The Labute approximate surface area is 108 Å². The van der Waals surface area contributed by atoms with Crippen LogP contribution in [0.4, 0.5) is 0 Å². The number of aryl methyl sites for hydroxylation is 1. The molecule has 3 nitrogen and oxygen atoms in total. The van der Waals surface area contributed by atoms with Crippen LogP contribution in [0, 0.1) is 13.8 Å². The predicted octanol–water partition coefficient (Wildman–Crippen LogP) is 2.99. The summed E-state index contributed by atoms with van der Waals surface area (Å²) in [6, 6.07) is 12.5. The Kier molecular flexibility index (Phi) is 3.51. The number of benzene rings is 1. The van der Waals surface area contributed by atoms with Crippen molar-refractivity contribution in [3.05, 3.63) is 53.3 Å². The molecule has 0 spiro atoms. The Morgan fingerprint density at radius 1 is 1.11 bits per heavy atom. The Balaban J connectivity index is 2.45. The second kappa shape index (κ2) is 5.08. The van der Waals surface area contributed by atoms with E-state index in [1.54, 1.807) is 5.01 Å². The highest BCUT2D eigenvalue weighted by Crippen LogP contribution is 2.19. The molecule has 0 radical (unpaired) electrons. The van der Waals surface area contributed by atoms with Gasteiger partial charge >= 0.3 is 0 Å². The molecule has 1 aromatic heterocycles. The predicted molar refractivity (Wildman–Crippen MR) is 76.5 cm³/mol. The summed E-state index contributed by atoms with van der Waals surface area (Å²) in [6.45, 7) is 4.24. The standard InChI is InChI=1S/C15H19N3/c1-12-10-14(11-16-17(3)4)13(2)18(12)15-8-6-5-7-9-15/h5-11H,1-4H3/b16-11+. The van der Waals surface area contributed by atoms with Crippen LogP contribution < -0.4 is 0 Å². The van der Waals surface area contributed by atoms with E-state index in [1.165, 1.54) is 17.1 Å². The summed E-state index contributed by atoms with van der Waals surface area (Å²) in [7, 11) is 3.85. The number of rotatable bonds is 3. The van der Waals surface area contributed by atoms with Gasteiger partial charge in [-0.15, -0.1) is 0 Å². The van der Waals surface area contributed by atoms with Crippen molar-refractivity contribution in [3.8, 4) is 5.69 Å². The zero-order valence-electron chi connectivity index (χ0n) is 11.4. The third-order valence-electron chi connectivity index (χ3n) is 2.91. The van der Waals surface area contributed by atoms with Crippen molar-refractivity contribution in [3.63, 3.8) is 0 Å². The van der Waals surface area contributed by atoms with Crippen molar-refractivity contribution in [2.45, 2.75) is 13.8 Å². The first kappa shape index (κ1) is 12.4. The van der Waals surface area contributed by atoms with Gasteiger partial charge in [-0.3, -0.25) is 0 Å². The van der Waals surface area contributed by atoms with Crippen LogP contribution in [-0.2, 0) is 0 Å². The lowest BCUT2D eigenvalue weighted by atomic mass is 10.2. The lowest BCUT2D eigenvalue weighted by Gasteiger charge is -2.09. The van der Waals surface area contributed by atoms with Gasteiger partial charge in [-0.1, -0.05) is 18.2 Å². The maximum atomic E-state index is 4.30. The molecular weight excluding hydrogens is 222 g/mol. The fourth-order valence-electron chi connectivity index (χ4n) is 2.07. The van der Waals surface area contributed by atoms with E-state index in [9.17, 15) is 0 Å². The van der Waals surface area contributed by atoms with Crippen molar-refractivity contribution in [1.82, 2.24) is 9.58 Å². The molecule has 0 bridgehead atoms. The summed E-state index contributed by atoms with van der Waals surface area (Å²) >= 11 is 0. The first-order valence-electron chi connectivity index (χ1n) is 6.05. The number of aromatic nitrogens is 1. The number of hydrogen-bond acceptors (Lipinski definition) is 2. The van der Waals surface area contributed by atoms with Crippen LogP contribution in [0.3, 0.4) is 0 Å². The third kappa shape index (κ3) is 2.45. The molecule has 2 aromatic rings. The van der Waals surface area contributed by atoms with Crippen LogP contribution in [0.25, 0.3) is 5.69 Å². The topological polar surface area (TPSA) is 20.5 Å². The number of nitrogens with zero attached hydrogens (tertiary/aromatic N) is 3. The molecule has 0 aliphatic heterocycles. The number of hydrogen-bond donors (Lipinski definition) is 0. The van der Waals surface area contributed by atoms with Gasteiger partial charge in [0.05, 0.1) is 6.21 Å². The molecule has 94 valence electrons. The SMILES string of the molecule is Cc1cc(/C=N/N(C)C)c(C)n1-c1ccccc1. The molecular formula is C15H19N3. The third-order valence-corrected chi connectivity index (χ3v) is 2.91. The van der Waals surface area contributed by atoms with Crippen LogP contribution in [0.15, 0.2) is 41.5 Å². The summed E-state index contributed by atoms with van der Waals surface area (Å²) < 4.78 is 2.25. The van der Waals surface area contributed by atoms with Gasteiger partial charge < -0.3 is 9.58 Å². The van der Waals surface area contributed by atoms with Crippen molar-refractivity contribution in [1.29, 1.82) is 0 Å². The van der Waals surface area contributed by atoms with Gasteiger partial charge in [0.25, 0.3) is 0 Å². The Morgan fingerprint density at radius 2 is 1.78 bits per heavy atom. The second-order valence-corrected chi connectivity index (χ2v) is 4.59. The Bertz CT molecular complexity index is 551. The molecule has 0 aliphatic rings. The monoisotopic (exact) mass is 241 g/mol. The second-order valence-electron chi connectivity index (χ2n) is 4.59. The zero-order chi connectivity index (χ0) is 13.1. The molecule has 0 N–H and O–H groups in total. The van der Waals surface area contributed by atoms with Crippen LogP contribution in [-0.4, -0.2) is 29.9 Å². The highest BCUT2D eigenvalue weighted by molar-refractivity contribution is 5.82. The largest absolute Gasteiger partial charge is 0.318 e. The Morgan fingerprint density at radius 3 is 2.39 bits per heavy atom. The van der Waals surface area contributed by atoms with Crippen molar-refractivity contribution < 1.29 is 0 Å². The normalized spacial score (nSPS) is 11.1. The average Bonchev–Trinajstić information content (AvgIpc) is 2.63. The zero-order valence-corrected chi connectivity index (χ0v) is 11.4. The lowest BCUT2D eigenvalue weighted by Crippen LogP contribution is -2.03. The summed E-state index contributed by atoms with van der Waals surface area (Å²) in [5.74, 6) is 0. The quantitative estimate of drug-likeness (QED) is 0.597. The molecule has 1 heterocycles. The fourth-order valence-corrected chi connectivity index (χ4v) is 2.07. The van der Waals surface area contributed by atoms with Crippen molar-refractivity contribution in [2.24, 2.45) is 5.10 Å². The van der Waals surface area contributed by atoms with Gasteiger partial charge in [-0.05, 0) is 32.0 Å². The number of hydrazone groups is 1. The molecule has 0 saturated carbocycles. The molecule has 1 aromatic carbocycles. The van der Waals surface area contributed by atoms with E-state index in [0.717, 1.165) is 5.56 Å². The summed E-state index contributed by atoms with van der Waals surface area (Å²) in [5, 5.41) is 6.10. The van der Waals surface area contributed by atoms with E-state index in [4.69, 9.17) is 0 Å². The maximum Gasteiger partial charge on any atom is 0.0560 e. The maximum absolute atomic E-state index is 4.30. The first-order valence-corrected chi connectivity index (χ1v) is 6.05. The fraction of sp³-hybridized carbons (Fsp3) is 0.267. The smallest absolute Gasteiger partial charge is 0.0560 e. The number of para-hydroxylation sites is 1. The van der Waals surface area contributed by atoms with Crippen molar-refractivity contribution in [2.75, 3.05) is 14.1 Å². The molecule has 0 aliphatic carbocycles. The van der Waals surface area contributed by atoms with Gasteiger partial charge in [-0.2, -0.15) is 5.10 Å². The summed E-state index contributed by atoms with van der Waals surface area (Å²) in [4.78, 5) is 0. The minimum Gasteiger partial charge on any atom is -0.318 e. The van der Waals surface area contributed by atoms with E-state index < -0.39 is 0 Å². The summed E-state index contributed by atoms with van der Waals surface area (Å²) in [6.07, 6.45) is 1.90. The van der Waals surface area contributed by atoms with Crippen LogP contribution in [0.5, 0.6) is 0 Å². The van der Waals surface area contributed by atoms with E-state index in [1.807, 2.05) is 26.4 Å². The lowest BCUT2D eigenvalue weighted by molar-refractivity contribution is 0.440. The highest BCUT2D eigenvalue weighted by Gasteiger charge is 2.08. The van der Waals surface area contributed by atoms with Gasteiger partial charge in [0, 0.05) is 36.7 Å². The van der Waals surface area contributed by atoms with E-state index in [-0.39, 0.29) is 0 Å². The molecule has 0 saturated heterocycles. The minimum absolute atomic E-state index is 1.16. The molecule has 0 amide bonds. The molecule has 3 heteroatoms. The Hall–Kier alpha value is -2.03. The van der Waals surface area contributed by atoms with Crippen LogP contribution in [0.1, 0.15) is 17.0 Å². The van der Waals surface area contributed by atoms with E-state index >= 15 is 0 Å². The molecule has 0 fully saturated rings. The molecule has 0 atom stereocenters. The molecule has 18 heavy (non-hydrogen) atoms. The van der Waals surface area contributed by atoms with Gasteiger partial charge in [0.2, 0.25) is 0 Å². The summed E-state index contributed by atoms with van der Waals surface area (Å²) in [5.41, 5.74) is 4.78. The highest BCUT2D eigenvalue weighted by atomic mass is 15.4. The molecule has 2 rings (SSSR count). The van der Waals surface area contributed by atoms with Crippen LogP contribution in [0.2, 0.25) is 0 Å². The molecule has 0 unspecified atom stereocenters.